The first kappa shape index (κ1) is 13.6. The summed E-state index contributed by atoms with van der Waals surface area (Å²) < 4.78 is 5.04. The van der Waals surface area contributed by atoms with Crippen LogP contribution in [0.2, 0.25) is 0 Å². The van der Waals surface area contributed by atoms with Crippen molar-refractivity contribution in [2.75, 3.05) is 0 Å². The van der Waals surface area contributed by atoms with Crippen LogP contribution in [0, 0.1) is 17.0 Å². The van der Waals surface area contributed by atoms with Crippen molar-refractivity contribution in [3.8, 4) is 5.75 Å². The Morgan fingerprint density at radius 3 is 2.61 bits per heavy atom. The van der Waals surface area contributed by atoms with E-state index in [9.17, 15) is 19.7 Å². The highest BCUT2D eigenvalue weighted by Crippen LogP contribution is 2.32. The van der Waals surface area contributed by atoms with Crippen LogP contribution < -0.4 is 4.74 Å². The molecule has 0 saturated carbocycles. The Morgan fingerprint density at radius 1 is 1.56 bits per heavy atom. The van der Waals surface area contributed by atoms with Crippen LogP contribution in [0.3, 0.4) is 0 Å². The normalized spacial score (nSPS) is 11.7. The van der Waals surface area contributed by atoms with Gasteiger partial charge in [-0.2, -0.15) is 0 Å². The number of carbonyl (C=O) groups is 2. The van der Waals surface area contributed by atoms with Crippen LogP contribution in [-0.4, -0.2) is 28.4 Å². The van der Waals surface area contributed by atoms with Gasteiger partial charge in [0.05, 0.1) is 4.92 Å². The van der Waals surface area contributed by atoms with Crippen LogP contribution in [0.1, 0.15) is 22.8 Å². The number of rotatable bonds is 5. The number of carbonyl (C=O) groups excluding carboxylic acids is 1. The second kappa shape index (κ2) is 5.26. The van der Waals surface area contributed by atoms with Gasteiger partial charge < -0.3 is 9.84 Å². The molecule has 1 aromatic rings. The number of aliphatic carboxylic acids is 1. The molecule has 1 rings (SSSR count). The Balaban J connectivity index is 3.28. The first-order chi connectivity index (χ1) is 8.36. The van der Waals surface area contributed by atoms with Gasteiger partial charge in [-0.15, -0.1) is 0 Å². The first-order valence-corrected chi connectivity index (χ1v) is 5.00. The SMILES string of the molecule is Cc1cc(C=O)cc([N+](=O)[O-])c1OC(C)C(=O)O. The Kier molecular flexibility index (Phi) is 3.98. The summed E-state index contributed by atoms with van der Waals surface area (Å²) in [7, 11) is 0. The van der Waals surface area contributed by atoms with E-state index in [0.717, 1.165) is 6.07 Å². The third kappa shape index (κ3) is 2.82. The number of aryl methyl sites for hydroxylation is 1. The highest BCUT2D eigenvalue weighted by atomic mass is 16.6. The highest BCUT2D eigenvalue weighted by Gasteiger charge is 2.23. The van der Waals surface area contributed by atoms with E-state index in [1.54, 1.807) is 0 Å². The topological polar surface area (TPSA) is 107 Å². The predicted molar refractivity (Wildman–Crippen MR) is 60.9 cm³/mol. The second-order valence-electron chi connectivity index (χ2n) is 3.66. The molecule has 0 aliphatic heterocycles. The van der Waals surface area contributed by atoms with Crippen LogP contribution in [0.5, 0.6) is 5.75 Å². The maximum absolute atomic E-state index is 10.9. The highest BCUT2D eigenvalue weighted by molar-refractivity contribution is 5.78. The maximum Gasteiger partial charge on any atom is 0.344 e. The number of hydrogen-bond acceptors (Lipinski definition) is 5. The lowest BCUT2D eigenvalue weighted by atomic mass is 10.1. The van der Waals surface area contributed by atoms with Crippen LogP contribution in [-0.2, 0) is 4.79 Å². The molecule has 0 spiro atoms. The van der Waals surface area contributed by atoms with E-state index in [-0.39, 0.29) is 11.3 Å². The molecule has 1 aromatic carbocycles. The van der Waals surface area contributed by atoms with Gasteiger partial charge in [0.2, 0.25) is 5.75 Å². The molecule has 0 bridgehead atoms. The molecular formula is C11H11NO6. The van der Waals surface area contributed by atoms with Crippen molar-refractivity contribution in [2.45, 2.75) is 20.0 Å². The molecule has 0 amide bonds. The molecule has 1 N–H and O–H groups in total. The number of hydrogen-bond donors (Lipinski definition) is 1. The third-order valence-corrected chi connectivity index (χ3v) is 2.25. The molecule has 0 aromatic heterocycles. The van der Waals surface area contributed by atoms with Crippen LogP contribution in [0.4, 0.5) is 5.69 Å². The van der Waals surface area contributed by atoms with Gasteiger partial charge in [0.25, 0.3) is 0 Å². The van der Waals surface area contributed by atoms with Crippen LogP contribution in [0.15, 0.2) is 12.1 Å². The summed E-state index contributed by atoms with van der Waals surface area (Å²) in [6, 6.07) is 2.44. The summed E-state index contributed by atoms with van der Waals surface area (Å²) in [5.41, 5.74) is 0.0409. The minimum absolute atomic E-state index is 0.134. The Morgan fingerprint density at radius 2 is 2.17 bits per heavy atom. The Hall–Kier alpha value is -2.44. The second-order valence-corrected chi connectivity index (χ2v) is 3.66. The number of carboxylic acids is 1. The molecule has 18 heavy (non-hydrogen) atoms. The summed E-state index contributed by atoms with van der Waals surface area (Å²) in [5.74, 6) is -1.37. The zero-order valence-electron chi connectivity index (χ0n) is 9.75. The summed E-state index contributed by atoms with van der Waals surface area (Å²) in [5, 5.41) is 19.6. The van der Waals surface area contributed by atoms with Crippen LogP contribution >= 0.6 is 0 Å². The molecule has 0 aliphatic rings. The molecule has 96 valence electrons. The maximum atomic E-state index is 10.9. The van der Waals surface area contributed by atoms with Gasteiger partial charge in [0.15, 0.2) is 6.10 Å². The lowest BCUT2D eigenvalue weighted by molar-refractivity contribution is -0.386. The molecule has 0 saturated heterocycles. The van der Waals surface area contributed by atoms with Crippen molar-refractivity contribution in [3.63, 3.8) is 0 Å². The van der Waals surface area contributed by atoms with Crippen molar-refractivity contribution >= 4 is 17.9 Å². The molecule has 1 atom stereocenters. The van der Waals surface area contributed by atoms with E-state index < -0.39 is 22.7 Å². The van der Waals surface area contributed by atoms with E-state index in [1.807, 2.05) is 0 Å². The number of nitrogens with zero attached hydrogens (tertiary/aromatic N) is 1. The van der Waals surface area contributed by atoms with Crippen molar-refractivity contribution in [1.82, 2.24) is 0 Å². The fourth-order valence-electron chi connectivity index (χ4n) is 1.37. The van der Waals surface area contributed by atoms with E-state index in [4.69, 9.17) is 9.84 Å². The molecule has 0 fully saturated rings. The van der Waals surface area contributed by atoms with E-state index in [1.165, 1.54) is 19.9 Å². The standard InChI is InChI=1S/C11H11NO6/c1-6-3-8(5-13)4-9(12(16)17)10(6)18-7(2)11(14)15/h3-5,7H,1-2H3,(H,14,15). The van der Waals surface area contributed by atoms with Crippen molar-refractivity contribution in [3.05, 3.63) is 33.4 Å². The molecule has 0 aliphatic carbocycles. The van der Waals surface area contributed by atoms with Gasteiger partial charge >= 0.3 is 11.7 Å². The molecule has 0 heterocycles. The zero-order chi connectivity index (χ0) is 13.9. The number of aldehydes is 1. The van der Waals surface area contributed by atoms with Crippen LogP contribution in [0.25, 0.3) is 0 Å². The Labute approximate surface area is 102 Å². The number of benzene rings is 1. The fourth-order valence-corrected chi connectivity index (χ4v) is 1.37. The lowest BCUT2D eigenvalue weighted by Crippen LogP contribution is -2.23. The summed E-state index contributed by atoms with van der Waals surface area (Å²) in [6.07, 6.45) is -0.741. The number of ether oxygens (including phenoxy) is 1. The lowest BCUT2D eigenvalue weighted by Gasteiger charge is -2.13. The molecule has 7 heteroatoms. The van der Waals surface area contributed by atoms with E-state index in [2.05, 4.69) is 0 Å². The first-order valence-electron chi connectivity index (χ1n) is 5.00. The molecule has 7 nitrogen and oxygen atoms in total. The monoisotopic (exact) mass is 253 g/mol. The van der Waals surface area contributed by atoms with Gasteiger partial charge in [-0.25, -0.2) is 4.79 Å². The van der Waals surface area contributed by atoms with Crippen molar-refractivity contribution < 1.29 is 24.4 Å². The molecule has 1 unspecified atom stereocenters. The van der Waals surface area contributed by atoms with Gasteiger partial charge in [0.1, 0.15) is 6.29 Å². The fraction of sp³-hybridized carbons (Fsp3) is 0.273. The number of nitro benzene ring substituents is 1. The predicted octanol–water partition coefficient (Wildman–Crippen LogP) is 1.57. The smallest absolute Gasteiger partial charge is 0.344 e. The molecule has 0 radical (unpaired) electrons. The average Bonchev–Trinajstić information content (AvgIpc) is 2.30. The molecular weight excluding hydrogens is 242 g/mol. The van der Waals surface area contributed by atoms with Gasteiger partial charge in [0, 0.05) is 11.6 Å². The largest absolute Gasteiger partial charge is 0.479 e. The number of nitro groups is 1. The summed E-state index contributed by atoms with van der Waals surface area (Å²) in [4.78, 5) is 31.4. The number of carboxylic acid groups (broad SMARTS) is 1. The van der Waals surface area contributed by atoms with E-state index >= 15 is 0 Å². The van der Waals surface area contributed by atoms with Gasteiger partial charge in [-0.3, -0.25) is 14.9 Å². The van der Waals surface area contributed by atoms with Crippen molar-refractivity contribution in [1.29, 1.82) is 0 Å². The minimum Gasteiger partial charge on any atom is -0.479 e. The third-order valence-electron chi connectivity index (χ3n) is 2.25. The minimum atomic E-state index is -1.23. The van der Waals surface area contributed by atoms with E-state index in [0.29, 0.717) is 11.8 Å². The van der Waals surface area contributed by atoms with Gasteiger partial charge in [-0.05, 0) is 25.5 Å². The zero-order valence-corrected chi connectivity index (χ0v) is 9.75. The quantitative estimate of drug-likeness (QED) is 0.484. The summed E-state index contributed by atoms with van der Waals surface area (Å²) in [6.45, 7) is 2.77. The van der Waals surface area contributed by atoms with Crippen molar-refractivity contribution in [2.24, 2.45) is 0 Å². The van der Waals surface area contributed by atoms with Gasteiger partial charge in [-0.1, -0.05) is 0 Å². The average molecular weight is 253 g/mol. The Bertz CT molecular complexity index is 511. The summed E-state index contributed by atoms with van der Waals surface area (Å²) >= 11 is 0.